The lowest BCUT2D eigenvalue weighted by Gasteiger charge is -2.13. The Morgan fingerprint density at radius 2 is 1.62 bits per heavy atom. The highest BCUT2D eigenvalue weighted by atomic mass is 19.1. The summed E-state index contributed by atoms with van der Waals surface area (Å²) in [6.45, 7) is 0.228. The number of halogens is 1. The second-order valence-electron chi connectivity index (χ2n) is 7.31. The van der Waals surface area contributed by atoms with E-state index >= 15 is 0 Å². The van der Waals surface area contributed by atoms with E-state index in [2.05, 4.69) is 10.3 Å². The standard InChI is InChI=1S/C26H23FN2O5/c1-31-22-7-5-4-6-16(22)15-29-26(30)17-10-18(27)12-19(11-17)34-23-8-9-28-21-14-25(33-3)24(32-2)13-20(21)23/h4-14H,15H2,1-3H3,(H,29,30). The highest BCUT2D eigenvalue weighted by Gasteiger charge is 2.14. The SMILES string of the molecule is COc1ccccc1CNC(=O)c1cc(F)cc(Oc2ccnc3cc(OC)c(OC)cc23)c1. The Morgan fingerprint density at radius 1 is 0.882 bits per heavy atom. The monoisotopic (exact) mass is 462 g/mol. The van der Waals surface area contributed by atoms with Crippen LogP contribution in [0.5, 0.6) is 28.7 Å². The van der Waals surface area contributed by atoms with Crippen LogP contribution < -0.4 is 24.3 Å². The Balaban J connectivity index is 1.59. The molecular weight excluding hydrogens is 439 g/mol. The molecule has 0 saturated carbocycles. The van der Waals surface area contributed by atoms with Gasteiger partial charge < -0.3 is 24.3 Å². The Kier molecular flexibility index (Phi) is 6.77. The Labute approximate surface area is 196 Å². The Bertz CT molecular complexity index is 1340. The molecule has 0 fully saturated rings. The molecule has 7 nitrogen and oxygen atoms in total. The molecular formula is C26H23FN2O5. The fraction of sp³-hybridized carbons (Fsp3) is 0.154. The maximum absolute atomic E-state index is 14.4. The Hall–Kier alpha value is -4.33. The van der Waals surface area contributed by atoms with Crippen LogP contribution in [0, 0.1) is 5.82 Å². The number of amides is 1. The fourth-order valence-corrected chi connectivity index (χ4v) is 3.54. The van der Waals surface area contributed by atoms with Gasteiger partial charge in [0.25, 0.3) is 5.91 Å². The van der Waals surface area contributed by atoms with Crippen LogP contribution >= 0.6 is 0 Å². The molecule has 0 aliphatic rings. The molecule has 0 aliphatic carbocycles. The molecule has 1 heterocycles. The van der Waals surface area contributed by atoms with Crippen molar-refractivity contribution in [1.82, 2.24) is 10.3 Å². The van der Waals surface area contributed by atoms with Gasteiger partial charge in [0.2, 0.25) is 0 Å². The van der Waals surface area contributed by atoms with Crippen LogP contribution in [0.4, 0.5) is 4.39 Å². The summed E-state index contributed by atoms with van der Waals surface area (Å²) in [4.78, 5) is 17.1. The number of nitrogens with zero attached hydrogens (tertiary/aromatic N) is 1. The molecule has 1 N–H and O–H groups in total. The second kappa shape index (κ2) is 10.1. The average Bonchev–Trinajstić information content (AvgIpc) is 2.86. The number of para-hydroxylation sites is 1. The first-order chi connectivity index (χ1) is 16.5. The molecule has 34 heavy (non-hydrogen) atoms. The average molecular weight is 462 g/mol. The summed E-state index contributed by atoms with van der Waals surface area (Å²) >= 11 is 0. The lowest BCUT2D eigenvalue weighted by molar-refractivity contribution is 0.0950. The quantitative estimate of drug-likeness (QED) is 0.392. The van der Waals surface area contributed by atoms with Crippen LogP contribution in [0.15, 0.2) is 66.9 Å². The van der Waals surface area contributed by atoms with Crippen molar-refractivity contribution in [3.8, 4) is 28.7 Å². The van der Waals surface area contributed by atoms with Crippen molar-refractivity contribution in [2.75, 3.05) is 21.3 Å². The summed E-state index contributed by atoms with van der Waals surface area (Å²) in [6, 6.07) is 16.3. The molecule has 0 radical (unpaired) electrons. The molecule has 0 aliphatic heterocycles. The van der Waals surface area contributed by atoms with Crippen molar-refractivity contribution in [2.24, 2.45) is 0 Å². The number of carbonyl (C=O) groups is 1. The molecule has 1 aromatic heterocycles. The van der Waals surface area contributed by atoms with E-state index in [0.29, 0.717) is 33.9 Å². The highest BCUT2D eigenvalue weighted by Crippen LogP contribution is 2.37. The number of hydrogen-bond acceptors (Lipinski definition) is 6. The normalized spacial score (nSPS) is 10.6. The largest absolute Gasteiger partial charge is 0.496 e. The van der Waals surface area contributed by atoms with E-state index < -0.39 is 11.7 Å². The number of fused-ring (bicyclic) bond motifs is 1. The zero-order valence-corrected chi connectivity index (χ0v) is 18.9. The minimum absolute atomic E-state index is 0.127. The van der Waals surface area contributed by atoms with E-state index in [1.807, 2.05) is 18.2 Å². The molecule has 3 aromatic carbocycles. The third kappa shape index (κ3) is 4.85. The van der Waals surface area contributed by atoms with E-state index in [4.69, 9.17) is 18.9 Å². The van der Waals surface area contributed by atoms with Gasteiger partial charge in [-0.15, -0.1) is 0 Å². The number of ether oxygens (including phenoxy) is 4. The maximum atomic E-state index is 14.4. The molecule has 0 unspecified atom stereocenters. The third-order valence-electron chi connectivity index (χ3n) is 5.20. The summed E-state index contributed by atoms with van der Waals surface area (Å²) in [6.07, 6.45) is 1.57. The fourth-order valence-electron chi connectivity index (χ4n) is 3.54. The molecule has 174 valence electrons. The molecule has 4 aromatic rings. The van der Waals surface area contributed by atoms with Crippen molar-refractivity contribution < 1.29 is 28.1 Å². The zero-order valence-electron chi connectivity index (χ0n) is 18.9. The molecule has 0 atom stereocenters. The molecule has 4 rings (SSSR count). The van der Waals surface area contributed by atoms with E-state index in [0.717, 1.165) is 11.6 Å². The first-order valence-corrected chi connectivity index (χ1v) is 10.4. The van der Waals surface area contributed by atoms with Gasteiger partial charge in [-0.25, -0.2) is 4.39 Å². The van der Waals surface area contributed by atoms with Gasteiger partial charge in [-0.3, -0.25) is 9.78 Å². The summed E-state index contributed by atoms with van der Waals surface area (Å²) in [5.74, 6) is 1.24. The lowest BCUT2D eigenvalue weighted by atomic mass is 10.1. The number of pyridine rings is 1. The number of aromatic nitrogens is 1. The number of hydrogen-bond donors (Lipinski definition) is 1. The van der Waals surface area contributed by atoms with Crippen LogP contribution in [-0.2, 0) is 6.54 Å². The summed E-state index contributed by atoms with van der Waals surface area (Å²) < 4.78 is 36.3. The molecule has 0 spiro atoms. The first-order valence-electron chi connectivity index (χ1n) is 10.4. The summed E-state index contributed by atoms with van der Waals surface area (Å²) in [5.41, 5.74) is 1.54. The van der Waals surface area contributed by atoms with Crippen molar-refractivity contribution in [1.29, 1.82) is 0 Å². The van der Waals surface area contributed by atoms with E-state index in [-0.39, 0.29) is 17.9 Å². The molecule has 8 heteroatoms. The van der Waals surface area contributed by atoms with Crippen LogP contribution in [0.3, 0.4) is 0 Å². The van der Waals surface area contributed by atoms with Crippen LogP contribution in [0.25, 0.3) is 10.9 Å². The molecule has 0 bridgehead atoms. The van der Waals surface area contributed by atoms with Gasteiger partial charge in [0.05, 0.1) is 26.8 Å². The van der Waals surface area contributed by atoms with Crippen molar-refractivity contribution in [3.05, 3.63) is 83.8 Å². The minimum Gasteiger partial charge on any atom is -0.496 e. The van der Waals surface area contributed by atoms with Gasteiger partial charge in [-0.1, -0.05) is 18.2 Å². The van der Waals surface area contributed by atoms with Gasteiger partial charge >= 0.3 is 0 Å². The van der Waals surface area contributed by atoms with E-state index in [9.17, 15) is 9.18 Å². The summed E-state index contributed by atoms with van der Waals surface area (Å²) in [5, 5.41) is 3.43. The van der Waals surface area contributed by atoms with Crippen LogP contribution in [-0.4, -0.2) is 32.2 Å². The van der Waals surface area contributed by atoms with Gasteiger partial charge in [-0.2, -0.15) is 0 Å². The topological polar surface area (TPSA) is 78.9 Å². The maximum Gasteiger partial charge on any atom is 0.251 e. The number of carbonyl (C=O) groups excluding carboxylic acids is 1. The first kappa shape index (κ1) is 22.8. The smallest absolute Gasteiger partial charge is 0.251 e. The van der Waals surface area contributed by atoms with Crippen molar-refractivity contribution in [2.45, 2.75) is 6.54 Å². The van der Waals surface area contributed by atoms with Gasteiger partial charge in [0, 0.05) is 41.4 Å². The lowest BCUT2D eigenvalue weighted by Crippen LogP contribution is -2.23. The predicted molar refractivity (Wildman–Crippen MR) is 125 cm³/mol. The van der Waals surface area contributed by atoms with Gasteiger partial charge in [-0.05, 0) is 30.3 Å². The van der Waals surface area contributed by atoms with Crippen molar-refractivity contribution >= 4 is 16.8 Å². The van der Waals surface area contributed by atoms with Crippen LogP contribution in [0.2, 0.25) is 0 Å². The Morgan fingerprint density at radius 3 is 2.38 bits per heavy atom. The number of benzene rings is 3. The van der Waals surface area contributed by atoms with Crippen molar-refractivity contribution in [3.63, 3.8) is 0 Å². The van der Waals surface area contributed by atoms with Gasteiger partial charge in [0.15, 0.2) is 11.5 Å². The minimum atomic E-state index is -0.599. The molecule has 0 saturated heterocycles. The highest BCUT2D eigenvalue weighted by molar-refractivity contribution is 5.94. The number of rotatable bonds is 8. The van der Waals surface area contributed by atoms with E-state index in [1.165, 1.54) is 26.4 Å². The zero-order chi connectivity index (χ0) is 24.1. The van der Waals surface area contributed by atoms with E-state index in [1.54, 1.807) is 37.6 Å². The van der Waals surface area contributed by atoms with Crippen LogP contribution in [0.1, 0.15) is 15.9 Å². The summed E-state index contributed by atoms with van der Waals surface area (Å²) in [7, 11) is 4.63. The predicted octanol–water partition coefficient (Wildman–Crippen LogP) is 5.12. The second-order valence-corrected chi connectivity index (χ2v) is 7.31. The number of methoxy groups -OCH3 is 3. The van der Waals surface area contributed by atoms with Gasteiger partial charge in [0.1, 0.15) is 23.1 Å². The molecule has 1 amide bonds. The number of nitrogens with one attached hydrogen (secondary N) is 1. The third-order valence-corrected chi connectivity index (χ3v) is 5.20.